The number of rotatable bonds is 9. The molecule has 0 aliphatic carbocycles. The van der Waals surface area contributed by atoms with Gasteiger partial charge in [-0.1, -0.05) is 26.3 Å². The van der Waals surface area contributed by atoms with Crippen LogP contribution in [0.5, 0.6) is 5.75 Å². The smallest absolute Gasteiger partial charge is 0.160 e. The number of hydrogen-bond acceptors (Lipinski definition) is 4. The molecular formula is C16H27N3O. The molecule has 0 aromatic carbocycles. The van der Waals surface area contributed by atoms with Gasteiger partial charge >= 0.3 is 0 Å². The minimum atomic E-state index is 0.324. The van der Waals surface area contributed by atoms with E-state index in [1.54, 1.807) is 6.20 Å². The van der Waals surface area contributed by atoms with Gasteiger partial charge in [-0.3, -0.25) is 0 Å². The van der Waals surface area contributed by atoms with E-state index in [9.17, 15) is 0 Å². The van der Waals surface area contributed by atoms with Crippen molar-refractivity contribution < 1.29 is 4.74 Å². The van der Waals surface area contributed by atoms with Crippen molar-refractivity contribution in [1.82, 2.24) is 15.3 Å². The van der Waals surface area contributed by atoms with Gasteiger partial charge in [0.1, 0.15) is 5.82 Å². The maximum absolute atomic E-state index is 5.79. The van der Waals surface area contributed by atoms with Gasteiger partial charge in [-0.2, -0.15) is 0 Å². The minimum absolute atomic E-state index is 0.324. The third-order valence-electron chi connectivity index (χ3n) is 2.87. The Hall–Kier alpha value is -1.42. The monoisotopic (exact) mass is 277 g/mol. The van der Waals surface area contributed by atoms with E-state index in [2.05, 4.69) is 42.6 Å². The molecule has 0 fully saturated rings. The summed E-state index contributed by atoms with van der Waals surface area (Å²) >= 11 is 0. The first kappa shape index (κ1) is 16.6. The van der Waals surface area contributed by atoms with Crippen LogP contribution in [0.4, 0.5) is 0 Å². The SMILES string of the molecule is C=C(C)CCOc1cnc(C(C)C)nc1CNCCC. The van der Waals surface area contributed by atoms with Gasteiger partial charge in [0, 0.05) is 18.9 Å². The zero-order valence-corrected chi connectivity index (χ0v) is 13.2. The van der Waals surface area contributed by atoms with Crippen molar-refractivity contribution in [2.45, 2.75) is 53.0 Å². The largest absolute Gasteiger partial charge is 0.490 e. The first-order chi connectivity index (χ1) is 9.54. The molecule has 112 valence electrons. The summed E-state index contributed by atoms with van der Waals surface area (Å²) in [5.74, 6) is 1.97. The molecule has 0 amide bonds. The van der Waals surface area contributed by atoms with Crippen LogP contribution in [0.1, 0.15) is 58.0 Å². The molecule has 1 heterocycles. The van der Waals surface area contributed by atoms with E-state index in [0.29, 0.717) is 12.5 Å². The molecule has 4 nitrogen and oxygen atoms in total. The van der Waals surface area contributed by atoms with Crippen molar-refractivity contribution in [2.24, 2.45) is 0 Å². The van der Waals surface area contributed by atoms with Gasteiger partial charge in [0.15, 0.2) is 5.75 Å². The van der Waals surface area contributed by atoms with E-state index in [4.69, 9.17) is 4.74 Å². The van der Waals surface area contributed by atoms with Crippen LogP contribution in [-0.4, -0.2) is 23.1 Å². The molecule has 0 bridgehead atoms. The van der Waals surface area contributed by atoms with Crippen LogP contribution in [0.25, 0.3) is 0 Å². The van der Waals surface area contributed by atoms with E-state index in [0.717, 1.165) is 48.8 Å². The van der Waals surface area contributed by atoms with Crippen LogP contribution in [0.2, 0.25) is 0 Å². The maximum Gasteiger partial charge on any atom is 0.160 e. The van der Waals surface area contributed by atoms with Gasteiger partial charge in [-0.15, -0.1) is 6.58 Å². The molecule has 0 atom stereocenters. The van der Waals surface area contributed by atoms with Gasteiger partial charge in [0.05, 0.1) is 18.5 Å². The Labute approximate surface area is 122 Å². The zero-order valence-electron chi connectivity index (χ0n) is 13.2. The van der Waals surface area contributed by atoms with E-state index in [1.165, 1.54) is 0 Å². The number of nitrogens with zero attached hydrogens (tertiary/aromatic N) is 2. The second kappa shape index (κ2) is 8.69. The van der Waals surface area contributed by atoms with Crippen molar-refractivity contribution in [2.75, 3.05) is 13.2 Å². The molecule has 0 aliphatic heterocycles. The molecule has 4 heteroatoms. The summed E-state index contributed by atoms with van der Waals surface area (Å²) in [7, 11) is 0. The third-order valence-corrected chi connectivity index (χ3v) is 2.87. The van der Waals surface area contributed by atoms with Crippen molar-refractivity contribution in [3.63, 3.8) is 0 Å². The number of hydrogen-bond donors (Lipinski definition) is 1. The summed E-state index contributed by atoms with van der Waals surface area (Å²) in [6, 6.07) is 0. The molecule has 1 aromatic rings. The first-order valence-electron chi connectivity index (χ1n) is 7.38. The quantitative estimate of drug-likeness (QED) is 0.555. The lowest BCUT2D eigenvalue weighted by molar-refractivity contribution is 0.313. The molecular weight excluding hydrogens is 250 g/mol. The molecule has 0 unspecified atom stereocenters. The fourth-order valence-electron chi connectivity index (χ4n) is 1.67. The summed E-state index contributed by atoms with van der Waals surface area (Å²) < 4.78 is 5.79. The van der Waals surface area contributed by atoms with E-state index in [-0.39, 0.29) is 0 Å². The summed E-state index contributed by atoms with van der Waals surface area (Å²) in [5.41, 5.74) is 2.06. The van der Waals surface area contributed by atoms with Crippen LogP contribution in [0.3, 0.4) is 0 Å². The molecule has 1 N–H and O–H groups in total. The molecule has 1 rings (SSSR count). The molecule has 1 aromatic heterocycles. The lowest BCUT2D eigenvalue weighted by Gasteiger charge is -2.13. The second-order valence-corrected chi connectivity index (χ2v) is 5.43. The highest BCUT2D eigenvalue weighted by atomic mass is 16.5. The van der Waals surface area contributed by atoms with Crippen molar-refractivity contribution in [3.8, 4) is 5.75 Å². The standard InChI is InChI=1S/C16H27N3O/c1-6-8-17-10-14-15(20-9-7-12(2)3)11-18-16(19-14)13(4)5/h11,13,17H,2,6-10H2,1,3-5H3. The van der Waals surface area contributed by atoms with Crippen LogP contribution >= 0.6 is 0 Å². The number of nitrogens with one attached hydrogen (secondary N) is 1. The average Bonchev–Trinajstić information content (AvgIpc) is 2.39. The normalized spacial score (nSPS) is 10.8. The summed E-state index contributed by atoms with van der Waals surface area (Å²) in [4.78, 5) is 9.00. The van der Waals surface area contributed by atoms with Crippen LogP contribution in [0.15, 0.2) is 18.3 Å². The molecule has 0 spiro atoms. The lowest BCUT2D eigenvalue weighted by atomic mass is 10.2. The maximum atomic E-state index is 5.79. The fraction of sp³-hybridized carbons (Fsp3) is 0.625. The number of ether oxygens (including phenoxy) is 1. The Morgan fingerprint density at radius 1 is 1.45 bits per heavy atom. The summed E-state index contributed by atoms with van der Waals surface area (Å²) in [6.45, 7) is 14.6. The Morgan fingerprint density at radius 3 is 2.80 bits per heavy atom. The van der Waals surface area contributed by atoms with Crippen LogP contribution in [0, 0.1) is 0 Å². The molecule has 20 heavy (non-hydrogen) atoms. The Balaban J connectivity index is 2.76. The second-order valence-electron chi connectivity index (χ2n) is 5.43. The predicted octanol–water partition coefficient (Wildman–Crippen LogP) is 3.44. The van der Waals surface area contributed by atoms with Crippen LogP contribution in [-0.2, 0) is 6.54 Å². The lowest BCUT2D eigenvalue weighted by Crippen LogP contribution is -2.17. The molecule has 0 radical (unpaired) electrons. The Bertz CT molecular complexity index is 430. The highest BCUT2D eigenvalue weighted by molar-refractivity contribution is 5.25. The van der Waals surface area contributed by atoms with Crippen molar-refractivity contribution in [1.29, 1.82) is 0 Å². The predicted molar refractivity (Wildman–Crippen MR) is 83.0 cm³/mol. The third kappa shape index (κ3) is 5.70. The van der Waals surface area contributed by atoms with Gasteiger partial charge in [-0.05, 0) is 19.9 Å². The molecule has 0 aliphatic rings. The van der Waals surface area contributed by atoms with Gasteiger partial charge < -0.3 is 10.1 Å². The fourth-order valence-corrected chi connectivity index (χ4v) is 1.67. The highest BCUT2D eigenvalue weighted by Gasteiger charge is 2.10. The zero-order chi connectivity index (χ0) is 15.0. The average molecular weight is 277 g/mol. The van der Waals surface area contributed by atoms with Gasteiger partial charge in [-0.25, -0.2) is 9.97 Å². The van der Waals surface area contributed by atoms with Gasteiger partial charge in [0.25, 0.3) is 0 Å². The van der Waals surface area contributed by atoms with E-state index in [1.807, 2.05) is 6.92 Å². The Kier molecular flexibility index (Phi) is 7.23. The number of aromatic nitrogens is 2. The highest BCUT2D eigenvalue weighted by Crippen LogP contribution is 2.19. The molecule has 0 saturated carbocycles. The minimum Gasteiger partial charge on any atom is -0.490 e. The van der Waals surface area contributed by atoms with E-state index >= 15 is 0 Å². The molecule has 0 saturated heterocycles. The Morgan fingerprint density at radius 2 is 2.20 bits per heavy atom. The summed E-state index contributed by atoms with van der Waals surface area (Å²) in [5, 5.41) is 3.37. The van der Waals surface area contributed by atoms with E-state index < -0.39 is 0 Å². The van der Waals surface area contributed by atoms with Gasteiger partial charge in [0.2, 0.25) is 0 Å². The first-order valence-corrected chi connectivity index (χ1v) is 7.38. The van der Waals surface area contributed by atoms with Crippen LogP contribution < -0.4 is 10.1 Å². The topological polar surface area (TPSA) is 47.0 Å². The van der Waals surface area contributed by atoms with Crippen molar-refractivity contribution in [3.05, 3.63) is 29.9 Å². The van der Waals surface area contributed by atoms with Crippen molar-refractivity contribution >= 4 is 0 Å². The summed E-state index contributed by atoms with van der Waals surface area (Å²) in [6.07, 6.45) is 3.76.